The van der Waals surface area contributed by atoms with E-state index in [-0.39, 0.29) is 5.56 Å². The van der Waals surface area contributed by atoms with Gasteiger partial charge in [0, 0.05) is 22.0 Å². The van der Waals surface area contributed by atoms with Gasteiger partial charge in [0.05, 0.1) is 12.6 Å². The lowest BCUT2D eigenvalue weighted by Crippen LogP contribution is -2.21. The average Bonchev–Trinajstić information content (AvgIpc) is 2.91. The third kappa shape index (κ3) is 2.56. The lowest BCUT2D eigenvalue weighted by Gasteiger charge is -2.21. The molecule has 3 rings (SSSR count). The topological polar surface area (TPSA) is 21.3 Å². The molecule has 0 fully saturated rings. The molecule has 1 aliphatic heterocycles. The molecular formula is C16H14BrF2NO. The van der Waals surface area contributed by atoms with Gasteiger partial charge in [0.25, 0.3) is 0 Å². The molecule has 1 heterocycles. The van der Waals surface area contributed by atoms with Crippen LogP contribution in [0.3, 0.4) is 0 Å². The molecule has 21 heavy (non-hydrogen) atoms. The molecule has 1 atom stereocenters. The summed E-state index contributed by atoms with van der Waals surface area (Å²) in [5, 5.41) is 2.99. The highest BCUT2D eigenvalue weighted by Gasteiger charge is 2.27. The van der Waals surface area contributed by atoms with Crippen LogP contribution >= 0.6 is 15.9 Å². The van der Waals surface area contributed by atoms with E-state index in [0.717, 1.165) is 23.3 Å². The third-order valence-corrected chi connectivity index (χ3v) is 4.13. The Morgan fingerprint density at radius 3 is 2.62 bits per heavy atom. The Hall–Kier alpha value is -1.46. The highest BCUT2D eigenvalue weighted by atomic mass is 79.9. The van der Waals surface area contributed by atoms with Crippen LogP contribution in [0.2, 0.25) is 0 Å². The summed E-state index contributed by atoms with van der Waals surface area (Å²) in [5.74, 6) is -0.438. The molecule has 0 aromatic heterocycles. The van der Waals surface area contributed by atoms with Crippen LogP contribution in [-0.4, -0.2) is 13.7 Å². The maximum atomic E-state index is 14.2. The summed E-state index contributed by atoms with van der Waals surface area (Å²) in [6.07, 6.45) is 0.824. The first kappa shape index (κ1) is 14.5. The van der Waals surface area contributed by atoms with E-state index in [1.54, 1.807) is 7.05 Å². The molecule has 2 nitrogen and oxygen atoms in total. The molecule has 0 saturated carbocycles. The number of nitrogens with one attached hydrogen (secondary N) is 1. The molecule has 0 amide bonds. The zero-order valence-corrected chi connectivity index (χ0v) is 13.0. The van der Waals surface area contributed by atoms with Gasteiger partial charge in [0.2, 0.25) is 0 Å². The van der Waals surface area contributed by atoms with Crippen LogP contribution < -0.4 is 10.1 Å². The monoisotopic (exact) mass is 353 g/mol. The lowest BCUT2D eigenvalue weighted by atomic mass is 9.95. The second kappa shape index (κ2) is 5.73. The van der Waals surface area contributed by atoms with Crippen LogP contribution in [-0.2, 0) is 6.42 Å². The maximum Gasteiger partial charge on any atom is 0.132 e. The van der Waals surface area contributed by atoms with Crippen molar-refractivity contribution < 1.29 is 13.5 Å². The van der Waals surface area contributed by atoms with Crippen LogP contribution in [0.25, 0.3) is 0 Å². The van der Waals surface area contributed by atoms with Gasteiger partial charge < -0.3 is 10.1 Å². The van der Waals surface area contributed by atoms with E-state index in [4.69, 9.17) is 4.74 Å². The Bertz CT molecular complexity index is 667. The van der Waals surface area contributed by atoms with Crippen LogP contribution in [0.5, 0.6) is 5.75 Å². The summed E-state index contributed by atoms with van der Waals surface area (Å²) in [4.78, 5) is 0. The Kier molecular flexibility index (Phi) is 3.95. The van der Waals surface area contributed by atoms with Crippen molar-refractivity contribution in [1.29, 1.82) is 0 Å². The fourth-order valence-corrected chi connectivity index (χ4v) is 3.15. The second-order valence-electron chi connectivity index (χ2n) is 4.94. The minimum atomic E-state index is -0.592. The van der Waals surface area contributed by atoms with Gasteiger partial charge in [-0.1, -0.05) is 34.1 Å². The fourth-order valence-electron chi connectivity index (χ4n) is 2.75. The van der Waals surface area contributed by atoms with Crippen molar-refractivity contribution in [3.63, 3.8) is 0 Å². The Morgan fingerprint density at radius 1 is 1.24 bits per heavy atom. The van der Waals surface area contributed by atoms with Crippen molar-refractivity contribution in [1.82, 2.24) is 5.32 Å². The Morgan fingerprint density at radius 2 is 1.95 bits per heavy atom. The number of rotatable bonds is 3. The molecule has 110 valence electrons. The number of benzene rings is 2. The summed E-state index contributed by atoms with van der Waals surface area (Å²) in [5.41, 5.74) is 1.84. The summed E-state index contributed by atoms with van der Waals surface area (Å²) >= 11 is 3.10. The second-order valence-corrected chi connectivity index (χ2v) is 5.85. The molecule has 0 spiro atoms. The normalized spacial score (nSPS) is 14.7. The molecule has 1 aliphatic rings. The standard InChI is InChI=1S/C16H14BrF2NO/c1-20-15(14-12(18)7-10(17)8-13(14)19)11-4-2-3-9-5-6-21-16(9)11/h2-4,7-8,15,20H,5-6H2,1H3. The van der Waals surface area contributed by atoms with E-state index in [1.807, 2.05) is 18.2 Å². The van der Waals surface area contributed by atoms with Gasteiger partial charge in [-0.25, -0.2) is 8.78 Å². The van der Waals surface area contributed by atoms with Crippen molar-refractivity contribution >= 4 is 15.9 Å². The average molecular weight is 354 g/mol. The predicted octanol–water partition coefficient (Wildman–Crippen LogP) is 3.97. The van der Waals surface area contributed by atoms with E-state index in [0.29, 0.717) is 11.1 Å². The first-order valence-electron chi connectivity index (χ1n) is 6.68. The van der Waals surface area contributed by atoms with Gasteiger partial charge in [-0.05, 0) is 24.7 Å². The van der Waals surface area contributed by atoms with Crippen LogP contribution in [0.4, 0.5) is 8.78 Å². The molecular weight excluding hydrogens is 340 g/mol. The van der Waals surface area contributed by atoms with Crippen molar-refractivity contribution in [2.75, 3.05) is 13.7 Å². The first-order valence-corrected chi connectivity index (χ1v) is 7.47. The van der Waals surface area contributed by atoms with Crippen molar-refractivity contribution in [3.05, 3.63) is 63.1 Å². The van der Waals surface area contributed by atoms with Gasteiger partial charge in [-0.2, -0.15) is 0 Å². The molecule has 0 aliphatic carbocycles. The van der Waals surface area contributed by atoms with Gasteiger partial charge in [-0.15, -0.1) is 0 Å². The van der Waals surface area contributed by atoms with Crippen molar-refractivity contribution in [2.24, 2.45) is 0 Å². The molecule has 1 unspecified atom stereocenters. The van der Waals surface area contributed by atoms with E-state index in [1.165, 1.54) is 12.1 Å². The van der Waals surface area contributed by atoms with E-state index in [9.17, 15) is 8.78 Å². The molecule has 5 heteroatoms. The van der Waals surface area contributed by atoms with E-state index >= 15 is 0 Å². The predicted molar refractivity (Wildman–Crippen MR) is 80.6 cm³/mol. The third-order valence-electron chi connectivity index (χ3n) is 3.68. The summed E-state index contributed by atoms with van der Waals surface area (Å²) in [7, 11) is 1.68. The summed E-state index contributed by atoms with van der Waals surface area (Å²) in [6, 6.07) is 7.66. The molecule has 0 bridgehead atoms. The van der Waals surface area contributed by atoms with Gasteiger partial charge in [0.15, 0.2) is 0 Å². The number of hydrogen-bond donors (Lipinski definition) is 1. The van der Waals surface area contributed by atoms with E-state index in [2.05, 4.69) is 21.2 Å². The van der Waals surface area contributed by atoms with E-state index < -0.39 is 17.7 Å². The van der Waals surface area contributed by atoms with Crippen LogP contribution in [0.15, 0.2) is 34.8 Å². The van der Waals surface area contributed by atoms with Gasteiger partial charge in [0.1, 0.15) is 17.4 Å². The Labute approximate surface area is 130 Å². The number of fused-ring (bicyclic) bond motifs is 1. The molecule has 2 aromatic rings. The molecule has 0 saturated heterocycles. The lowest BCUT2D eigenvalue weighted by molar-refractivity contribution is 0.350. The number of hydrogen-bond acceptors (Lipinski definition) is 2. The first-order chi connectivity index (χ1) is 10.1. The van der Waals surface area contributed by atoms with Crippen LogP contribution in [0.1, 0.15) is 22.7 Å². The zero-order chi connectivity index (χ0) is 15.0. The van der Waals surface area contributed by atoms with Crippen LogP contribution in [0, 0.1) is 11.6 Å². The zero-order valence-electron chi connectivity index (χ0n) is 11.4. The van der Waals surface area contributed by atoms with Crippen molar-refractivity contribution in [2.45, 2.75) is 12.5 Å². The fraction of sp³-hybridized carbons (Fsp3) is 0.250. The van der Waals surface area contributed by atoms with Gasteiger partial charge in [-0.3, -0.25) is 0 Å². The number of halogens is 3. The SMILES string of the molecule is CNC(c1cccc2c1OCC2)c1c(F)cc(Br)cc1F. The molecule has 0 radical (unpaired) electrons. The minimum Gasteiger partial charge on any atom is -0.493 e. The molecule has 1 N–H and O–H groups in total. The Balaban J connectivity index is 2.14. The largest absolute Gasteiger partial charge is 0.493 e. The maximum absolute atomic E-state index is 14.2. The minimum absolute atomic E-state index is 0.00426. The number of ether oxygens (including phenoxy) is 1. The highest BCUT2D eigenvalue weighted by Crippen LogP contribution is 2.38. The smallest absolute Gasteiger partial charge is 0.132 e. The highest BCUT2D eigenvalue weighted by molar-refractivity contribution is 9.10. The quantitative estimate of drug-likeness (QED) is 0.901. The summed E-state index contributed by atoms with van der Waals surface area (Å²) in [6.45, 7) is 0.605. The molecule has 2 aromatic carbocycles. The summed E-state index contributed by atoms with van der Waals surface area (Å²) < 4.78 is 34.5. The van der Waals surface area contributed by atoms with Crippen molar-refractivity contribution in [3.8, 4) is 5.75 Å². The number of para-hydroxylation sites is 1. The van der Waals surface area contributed by atoms with Gasteiger partial charge >= 0.3 is 0 Å².